The molecule has 1 aromatic carbocycles. The Hall–Kier alpha value is -2.84. The number of aromatic nitrogens is 1. The zero-order valence-electron chi connectivity index (χ0n) is 12.7. The normalized spacial score (nSPS) is 11.4. The summed E-state index contributed by atoms with van der Waals surface area (Å²) in [6, 6.07) is 11.4. The minimum Gasteiger partial charge on any atom is -0.497 e. The van der Waals surface area contributed by atoms with Crippen molar-refractivity contribution in [3.05, 3.63) is 57.4 Å². The van der Waals surface area contributed by atoms with Gasteiger partial charge in [-0.25, -0.2) is 0 Å². The molecule has 5 heteroatoms. The molecule has 0 bridgehead atoms. The quantitative estimate of drug-likeness (QED) is 0.441. The number of nitrogens with zero attached hydrogens (tertiary/aromatic N) is 1. The predicted molar refractivity (Wildman–Crippen MR) is 91.8 cm³/mol. The van der Waals surface area contributed by atoms with E-state index in [2.05, 4.69) is 4.98 Å². The molecule has 0 aliphatic carbocycles. The van der Waals surface area contributed by atoms with Gasteiger partial charge < -0.3 is 9.72 Å². The van der Waals surface area contributed by atoms with Crippen molar-refractivity contribution in [3.63, 3.8) is 0 Å². The Morgan fingerprint density at radius 1 is 1.35 bits per heavy atom. The van der Waals surface area contributed by atoms with Gasteiger partial charge in [-0.1, -0.05) is 0 Å². The number of carbonyl (C=O) groups excluding carboxylic acids is 1. The van der Waals surface area contributed by atoms with E-state index >= 15 is 0 Å². The Morgan fingerprint density at radius 3 is 2.83 bits per heavy atom. The first-order valence-electron chi connectivity index (χ1n) is 7.00. The number of carbonyl (C=O) groups is 1. The van der Waals surface area contributed by atoms with Gasteiger partial charge in [0, 0.05) is 32.4 Å². The summed E-state index contributed by atoms with van der Waals surface area (Å²) in [7, 11) is 1.58. The molecular weight excluding hydrogens is 308 g/mol. The van der Waals surface area contributed by atoms with Crippen molar-refractivity contribution in [2.45, 2.75) is 6.92 Å². The number of ether oxygens (including phenoxy) is 1. The molecule has 0 aliphatic rings. The van der Waals surface area contributed by atoms with Gasteiger partial charge in [0.1, 0.15) is 17.4 Å². The van der Waals surface area contributed by atoms with Crippen LogP contribution in [0.3, 0.4) is 0 Å². The second-order valence-electron chi connectivity index (χ2n) is 5.06. The van der Waals surface area contributed by atoms with E-state index in [1.54, 1.807) is 36.8 Å². The molecule has 3 aromatic rings. The van der Waals surface area contributed by atoms with Gasteiger partial charge in [-0.15, -0.1) is 11.3 Å². The summed E-state index contributed by atoms with van der Waals surface area (Å²) in [6.07, 6.45) is 3.27. The van der Waals surface area contributed by atoms with Gasteiger partial charge in [0.15, 0.2) is 0 Å². The molecule has 0 spiro atoms. The highest BCUT2D eigenvalue weighted by molar-refractivity contribution is 7.12. The number of thiophene rings is 1. The zero-order chi connectivity index (χ0) is 16.4. The molecule has 0 aliphatic heterocycles. The number of aryl methyl sites for hydroxylation is 1. The highest BCUT2D eigenvalue weighted by atomic mass is 32.1. The third-order valence-corrected chi connectivity index (χ3v) is 4.49. The monoisotopic (exact) mass is 322 g/mol. The SMILES string of the molecule is COc1ccc2[nH]cc(C(=O)/C(C#N)=C/c3ccc(C)s3)c2c1. The van der Waals surface area contributed by atoms with Gasteiger partial charge >= 0.3 is 0 Å². The first-order valence-corrected chi connectivity index (χ1v) is 7.82. The van der Waals surface area contributed by atoms with Crippen LogP contribution in [0.15, 0.2) is 42.1 Å². The Labute approximate surface area is 137 Å². The third kappa shape index (κ3) is 2.89. The number of ketones is 1. The van der Waals surface area contributed by atoms with Crippen molar-refractivity contribution in [3.8, 4) is 11.8 Å². The molecule has 2 aromatic heterocycles. The van der Waals surface area contributed by atoms with Crippen molar-refractivity contribution in [2.75, 3.05) is 7.11 Å². The number of nitriles is 1. The third-order valence-electron chi connectivity index (χ3n) is 3.55. The summed E-state index contributed by atoms with van der Waals surface area (Å²) < 4.78 is 5.21. The van der Waals surface area contributed by atoms with Crippen LogP contribution in [0.2, 0.25) is 0 Å². The fourth-order valence-corrected chi connectivity index (χ4v) is 3.20. The molecule has 0 amide bonds. The van der Waals surface area contributed by atoms with Crippen molar-refractivity contribution < 1.29 is 9.53 Å². The maximum Gasteiger partial charge on any atom is 0.205 e. The summed E-state index contributed by atoms with van der Waals surface area (Å²) in [5.74, 6) is 0.376. The number of benzene rings is 1. The van der Waals surface area contributed by atoms with Gasteiger partial charge in [-0.05, 0) is 43.3 Å². The average molecular weight is 322 g/mol. The Morgan fingerprint density at radius 2 is 2.17 bits per heavy atom. The lowest BCUT2D eigenvalue weighted by atomic mass is 10.0. The predicted octanol–water partition coefficient (Wildman–Crippen LogP) is 4.34. The molecule has 0 atom stereocenters. The van der Waals surface area contributed by atoms with Crippen LogP contribution in [0.1, 0.15) is 20.1 Å². The second kappa shape index (κ2) is 6.11. The number of H-pyrrole nitrogens is 1. The number of nitrogens with one attached hydrogen (secondary N) is 1. The maximum atomic E-state index is 12.7. The number of rotatable bonds is 4. The largest absolute Gasteiger partial charge is 0.497 e. The van der Waals surface area contributed by atoms with Crippen molar-refractivity contribution in [1.29, 1.82) is 5.26 Å². The number of allylic oxidation sites excluding steroid dienone is 1. The topological polar surface area (TPSA) is 65.9 Å². The van der Waals surface area contributed by atoms with Gasteiger partial charge in [-0.2, -0.15) is 5.26 Å². The molecule has 4 nitrogen and oxygen atoms in total. The molecule has 0 saturated carbocycles. The lowest BCUT2D eigenvalue weighted by molar-refractivity contribution is 0.104. The summed E-state index contributed by atoms with van der Waals surface area (Å²) in [5, 5.41) is 10.1. The van der Waals surface area contributed by atoms with Crippen LogP contribution in [0.25, 0.3) is 17.0 Å². The Kier molecular flexibility index (Phi) is 4.00. The Balaban J connectivity index is 2.05. The highest BCUT2D eigenvalue weighted by Crippen LogP contribution is 2.26. The molecule has 3 rings (SSSR count). The zero-order valence-corrected chi connectivity index (χ0v) is 13.5. The van der Waals surface area contributed by atoms with E-state index in [4.69, 9.17) is 4.74 Å². The lowest BCUT2D eigenvalue weighted by Gasteiger charge is -2.01. The molecule has 0 unspecified atom stereocenters. The fourth-order valence-electron chi connectivity index (χ4n) is 2.38. The smallest absolute Gasteiger partial charge is 0.205 e. The number of fused-ring (bicyclic) bond motifs is 1. The first-order chi connectivity index (χ1) is 11.1. The molecule has 0 saturated heterocycles. The van der Waals surface area contributed by atoms with Crippen molar-refractivity contribution >= 4 is 34.1 Å². The van der Waals surface area contributed by atoms with E-state index in [0.717, 1.165) is 20.7 Å². The lowest BCUT2D eigenvalue weighted by Crippen LogP contribution is -2.00. The standard InChI is InChI=1S/C18H14N2O2S/c1-11-3-5-14(23-11)7-12(9-19)18(21)16-10-20-17-6-4-13(22-2)8-15(16)17/h3-8,10,20H,1-2H3/b12-7+. The van der Waals surface area contributed by atoms with Gasteiger partial charge in [0.2, 0.25) is 5.78 Å². The minimum absolute atomic E-state index is 0.121. The fraction of sp³-hybridized carbons (Fsp3) is 0.111. The Bertz CT molecular complexity index is 957. The second-order valence-corrected chi connectivity index (χ2v) is 6.38. The maximum absolute atomic E-state index is 12.7. The van der Waals surface area contributed by atoms with Crippen LogP contribution in [-0.4, -0.2) is 17.9 Å². The summed E-state index contributed by atoms with van der Waals surface area (Å²) >= 11 is 1.55. The number of aromatic amines is 1. The van der Waals surface area contributed by atoms with Gasteiger partial charge in [-0.3, -0.25) is 4.79 Å². The summed E-state index contributed by atoms with van der Waals surface area (Å²) in [4.78, 5) is 17.8. The van der Waals surface area contributed by atoms with Crippen molar-refractivity contribution in [2.24, 2.45) is 0 Å². The number of methoxy groups -OCH3 is 1. The van der Waals surface area contributed by atoms with E-state index in [9.17, 15) is 10.1 Å². The summed E-state index contributed by atoms with van der Waals surface area (Å²) in [5.41, 5.74) is 1.42. The molecule has 2 heterocycles. The molecule has 1 N–H and O–H groups in total. The van der Waals surface area contributed by atoms with E-state index < -0.39 is 0 Å². The number of Topliss-reactive ketones (excluding diaryl/α,β-unsaturated/α-hetero) is 1. The van der Waals surface area contributed by atoms with Crippen LogP contribution >= 0.6 is 11.3 Å². The number of hydrogen-bond donors (Lipinski definition) is 1. The molecule has 0 radical (unpaired) electrons. The van der Waals surface area contributed by atoms with Crippen LogP contribution in [-0.2, 0) is 0 Å². The van der Waals surface area contributed by atoms with Crippen LogP contribution in [0.4, 0.5) is 0 Å². The van der Waals surface area contributed by atoms with Gasteiger partial charge in [0.05, 0.1) is 7.11 Å². The highest BCUT2D eigenvalue weighted by Gasteiger charge is 2.17. The molecule has 23 heavy (non-hydrogen) atoms. The van der Waals surface area contributed by atoms with Crippen LogP contribution in [0, 0.1) is 18.3 Å². The van der Waals surface area contributed by atoms with E-state index in [0.29, 0.717) is 11.3 Å². The van der Waals surface area contributed by atoms with Gasteiger partial charge in [0.25, 0.3) is 0 Å². The van der Waals surface area contributed by atoms with E-state index in [-0.39, 0.29) is 11.4 Å². The molecular formula is C18H14N2O2S. The summed E-state index contributed by atoms with van der Waals surface area (Å²) in [6.45, 7) is 1.99. The van der Waals surface area contributed by atoms with E-state index in [1.807, 2.05) is 37.3 Å². The number of hydrogen-bond acceptors (Lipinski definition) is 4. The minimum atomic E-state index is -0.293. The van der Waals surface area contributed by atoms with E-state index in [1.165, 1.54) is 0 Å². The first kappa shape index (κ1) is 15.1. The molecule has 0 fully saturated rings. The average Bonchev–Trinajstić information content (AvgIpc) is 3.17. The van der Waals surface area contributed by atoms with Crippen LogP contribution in [0.5, 0.6) is 5.75 Å². The van der Waals surface area contributed by atoms with Crippen molar-refractivity contribution in [1.82, 2.24) is 4.98 Å². The van der Waals surface area contributed by atoms with Crippen LogP contribution < -0.4 is 4.74 Å². The molecule has 114 valence electrons.